The van der Waals surface area contributed by atoms with E-state index in [0.29, 0.717) is 16.3 Å². The van der Waals surface area contributed by atoms with E-state index in [0.717, 1.165) is 22.9 Å². The van der Waals surface area contributed by atoms with Gasteiger partial charge in [-0.1, -0.05) is 23.7 Å². The van der Waals surface area contributed by atoms with Crippen molar-refractivity contribution in [2.45, 2.75) is 20.8 Å². The molecule has 0 aromatic heterocycles. The van der Waals surface area contributed by atoms with Gasteiger partial charge in [0.2, 0.25) is 10.0 Å². The van der Waals surface area contributed by atoms with Gasteiger partial charge in [-0.3, -0.25) is 9.10 Å². The summed E-state index contributed by atoms with van der Waals surface area (Å²) in [5.74, 6) is -0.233. The molecule has 0 aliphatic carbocycles. The summed E-state index contributed by atoms with van der Waals surface area (Å²) >= 11 is 6.11. The van der Waals surface area contributed by atoms with Gasteiger partial charge in [0.25, 0.3) is 5.91 Å². The number of rotatable bonds is 6. The second kappa shape index (κ2) is 8.10. The van der Waals surface area contributed by atoms with Crippen LogP contribution < -0.4 is 9.62 Å². The smallest absolute Gasteiger partial charge is 0.251 e. The van der Waals surface area contributed by atoms with E-state index in [1.165, 1.54) is 4.31 Å². The van der Waals surface area contributed by atoms with E-state index in [1.807, 2.05) is 32.9 Å². The number of amides is 1. The van der Waals surface area contributed by atoms with Gasteiger partial charge >= 0.3 is 0 Å². The number of hydrogen-bond acceptors (Lipinski definition) is 3. The number of nitrogens with zero attached hydrogens (tertiary/aromatic N) is 1. The molecule has 0 radical (unpaired) electrons. The summed E-state index contributed by atoms with van der Waals surface area (Å²) in [6.45, 7) is 6.08. The quantitative estimate of drug-likeness (QED) is 0.815. The first-order valence-electron chi connectivity index (χ1n) is 8.19. The molecule has 1 amide bonds. The van der Waals surface area contributed by atoms with Crippen molar-refractivity contribution >= 4 is 33.2 Å². The first kappa shape index (κ1) is 20.3. The van der Waals surface area contributed by atoms with Gasteiger partial charge in [-0.2, -0.15) is 0 Å². The van der Waals surface area contributed by atoms with E-state index < -0.39 is 10.0 Å². The number of benzene rings is 2. The number of anilines is 1. The molecular weight excluding hydrogens is 372 g/mol. The van der Waals surface area contributed by atoms with E-state index in [2.05, 4.69) is 5.32 Å². The summed E-state index contributed by atoms with van der Waals surface area (Å²) in [5, 5.41) is 3.26. The monoisotopic (exact) mass is 394 g/mol. The number of nitrogens with one attached hydrogen (secondary N) is 1. The van der Waals surface area contributed by atoms with Gasteiger partial charge in [0.05, 0.1) is 18.5 Å². The molecule has 2 aromatic carbocycles. The van der Waals surface area contributed by atoms with Gasteiger partial charge in [-0.05, 0) is 61.7 Å². The molecule has 0 atom stereocenters. The van der Waals surface area contributed by atoms with E-state index >= 15 is 0 Å². The fraction of sp³-hybridized carbons (Fsp3) is 0.316. The Hall–Kier alpha value is -2.05. The van der Waals surface area contributed by atoms with Crippen LogP contribution in [0.4, 0.5) is 5.69 Å². The first-order chi connectivity index (χ1) is 12.1. The summed E-state index contributed by atoms with van der Waals surface area (Å²) in [6.07, 6.45) is 1.13. The van der Waals surface area contributed by atoms with Gasteiger partial charge < -0.3 is 5.32 Å². The van der Waals surface area contributed by atoms with Gasteiger partial charge in [0, 0.05) is 17.1 Å². The highest BCUT2D eigenvalue weighted by Gasteiger charge is 2.18. The minimum Gasteiger partial charge on any atom is -0.350 e. The minimum atomic E-state index is -3.50. The summed E-state index contributed by atoms with van der Waals surface area (Å²) in [6, 6.07) is 10.5. The molecule has 0 heterocycles. The molecule has 0 aliphatic heterocycles. The topological polar surface area (TPSA) is 66.5 Å². The number of carbonyl (C=O) groups is 1. The van der Waals surface area contributed by atoms with Gasteiger partial charge in [-0.15, -0.1) is 0 Å². The van der Waals surface area contributed by atoms with Gasteiger partial charge in [-0.25, -0.2) is 8.42 Å². The van der Waals surface area contributed by atoms with Crippen molar-refractivity contribution in [2.75, 3.05) is 23.7 Å². The number of carbonyl (C=O) groups excluding carboxylic acids is 1. The van der Waals surface area contributed by atoms with Crippen LogP contribution in [0.2, 0.25) is 5.02 Å². The Morgan fingerprint density at radius 2 is 1.69 bits per heavy atom. The number of sulfonamides is 1. The molecule has 0 aliphatic rings. The van der Waals surface area contributed by atoms with Crippen molar-refractivity contribution in [2.24, 2.45) is 0 Å². The van der Waals surface area contributed by atoms with Crippen LogP contribution >= 0.6 is 11.6 Å². The Morgan fingerprint density at radius 1 is 1.04 bits per heavy atom. The normalized spacial score (nSPS) is 11.3. The SMILES string of the molecule is Cc1ccc(C(=O)NCCN(c2ccc(C)c(Cl)c2)S(C)(=O)=O)cc1C. The van der Waals surface area contributed by atoms with Crippen molar-refractivity contribution in [3.8, 4) is 0 Å². The molecule has 0 unspecified atom stereocenters. The highest BCUT2D eigenvalue weighted by Crippen LogP contribution is 2.24. The molecule has 0 saturated heterocycles. The molecule has 2 aromatic rings. The fourth-order valence-corrected chi connectivity index (χ4v) is 3.57. The highest BCUT2D eigenvalue weighted by atomic mass is 35.5. The van der Waals surface area contributed by atoms with Crippen molar-refractivity contribution < 1.29 is 13.2 Å². The van der Waals surface area contributed by atoms with E-state index in [9.17, 15) is 13.2 Å². The molecule has 0 saturated carbocycles. The second-order valence-corrected chi connectivity index (χ2v) is 8.64. The Balaban J connectivity index is 2.09. The summed E-state index contributed by atoms with van der Waals surface area (Å²) in [4.78, 5) is 12.3. The van der Waals surface area contributed by atoms with Gasteiger partial charge in [0.1, 0.15) is 0 Å². The maximum atomic E-state index is 12.3. The molecule has 26 heavy (non-hydrogen) atoms. The maximum Gasteiger partial charge on any atom is 0.251 e. The largest absolute Gasteiger partial charge is 0.350 e. The third-order valence-corrected chi connectivity index (χ3v) is 5.81. The Bertz CT molecular complexity index is 926. The van der Waals surface area contributed by atoms with Crippen LogP contribution in [-0.2, 0) is 10.0 Å². The molecule has 140 valence electrons. The second-order valence-electron chi connectivity index (χ2n) is 6.32. The van der Waals surface area contributed by atoms with Crippen molar-refractivity contribution in [1.82, 2.24) is 5.32 Å². The number of aryl methyl sites for hydroxylation is 3. The lowest BCUT2D eigenvalue weighted by atomic mass is 10.1. The third-order valence-electron chi connectivity index (χ3n) is 4.21. The predicted molar refractivity (Wildman–Crippen MR) is 107 cm³/mol. The van der Waals surface area contributed by atoms with Crippen LogP contribution in [0.15, 0.2) is 36.4 Å². The van der Waals surface area contributed by atoms with E-state index in [-0.39, 0.29) is 19.0 Å². The van der Waals surface area contributed by atoms with Crippen molar-refractivity contribution in [3.63, 3.8) is 0 Å². The maximum absolute atomic E-state index is 12.3. The average molecular weight is 395 g/mol. The molecule has 0 spiro atoms. The lowest BCUT2D eigenvalue weighted by molar-refractivity contribution is 0.0954. The third kappa shape index (κ3) is 4.99. The van der Waals surface area contributed by atoms with Crippen LogP contribution in [0.25, 0.3) is 0 Å². The predicted octanol–water partition coefficient (Wildman–Crippen LogP) is 3.46. The molecular formula is C19H23ClN2O3S. The average Bonchev–Trinajstić information content (AvgIpc) is 2.55. The Labute approximate surface area is 160 Å². The van der Waals surface area contributed by atoms with Crippen molar-refractivity contribution in [1.29, 1.82) is 0 Å². The zero-order valence-corrected chi connectivity index (χ0v) is 16.9. The number of hydrogen-bond donors (Lipinski definition) is 1. The van der Waals surface area contributed by atoms with Crippen LogP contribution in [-0.4, -0.2) is 33.7 Å². The fourth-order valence-electron chi connectivity index (χ4n) is 2.48. The number of halogens is 1. The molecule has 7 heteroatoms. The summed E-state index contributed by atoms with van der Waals surface area (Å²) in [7, 11) is -3.50. The Kier molecular flexibility index (Phi) is 6.31. The van der Waals surface area contributed by atoms with E-state index in [1.54, 1.807) is 24.3 Å². The standard InChI is InChI=1S/C19H23ClN2O3S/c1-13-5-7-16(11-15(13)3)19(23)21-9-10-22(26(4,24)25)17-8-6-14(2)18(20)12-17/h5-8,11-12H,9-10H2,1-4H3,(H,21,23). The van der Waals surface area contributed by atoms with Crippen LogP contribution in [0.5, 0.6) is 0 Å². The van der Waals surface area contributed by atoms with Crippen LogP contribution in [0.1, 0.15) is 27.0 Å². The lowest BCUT2D eigenvalue weighted by Gasteiger charge is -2.23. The molecule has 1 N–H and O–H groups in total. The first-order valence-corrected chi connectivity index (χ1v) is 10.4. The summed E-state index contributed by atoms with van der Waals surface area (Å²) < 4.78 is 25.5. The van der Waals surface area contributed by atoms with Crippen LogP contribution in [0, 0.1) is 20.8 Å². The molecule has 0 bridgehead atoms. The molecule has 2 rings (SSSR count). The molecule has 0 fully saturated rings. The highest BCUT2D eigenvalue weighted by molar-refractivity contribution is 7.92. The minimum absolute atomic E-state index is 0.120. The zero-order valence-electron chi connectivity index (χ0n) is 15.3. The van der Waals surface area contributed by atoms with Crippen LogP contribution in [0.3, 0.4) is 0 Å². The van der Waals surface area contributed by atoms with Gasteiger partial charge in [0.15, 0.2) is 0 Å². The molecule has 5 nitrogen and oxygen atoms in total. The van der Waals surface area contributed by atoms with Crippen molar-refractivity contribution in [3.05, 3.63) is 63.7 Å². The zero-order chi connectivity index (χ0) is 19.5. The van der Waals surface area contributed by atoms with E-state index in [4.69, 9.17) is 11.6 Å². The Morgan fingerprint density at radius 3 is 2.27 bits per heavy atom. The lowest BCUT2D eigenvalue weighted by Crippen LogP contribution is -2.38. The summed E-state index contributed by atoms with van der Waals surface area (Å²) in [5.41, 5.74) is 4.04.